The molecule has 1 amide bonds. The zero-order chi connectivity index (χ0) is 20.5. The fraction of sp³-hybridized carbons (Fsp3) is 0.409. The highest BCUT2D eigenvalue weighted by atomic mass is 32.2. The van der Waals surface area contributed by atoms with Crippen molar-refractivity contribution >= 4 is 27.3 Å². The summed E-state index contributed by atoms with van der Waals surface area (Å²) in [6.45, 7) is 8.45. The van der Waals surface area contributed by atoms with E-state index in [1.54, 1.807) is 24.3 Å². The number of benzene rings is 2. The number of hydrogen-bond donors (Lipinski definition) is 1. The third-order valence-electron chi connectivity index (χ3n) is 4.74. The van der Waals surface area contributed by atoms with Crippen LogP contribution in [0.2, 0.25) is 0 Å². The maximum atomic E-state index is 13.1. The molecule has 1 aliphatic heterocycles. The second-order valence-corrected chi connectivity index (χ2v) is 10.5. The lowest BCUT2D eigenvalue weighted by Crippen LogP contribution is -2.35. The summed E-state index contributed by atoms with van der Waals surface area (Å²) in [5.41, 5.74) is 3.28. The summed E-state index contributed by atoms with van der Waals surface area (Å²) in [5, 5.41) is 2.93. The van der Waals surface area contributed by atoms with Gasteiger partial charge in [-0.2, -0.15) is 0 Å². The van der Waals surface area contributed by atoms with E-state index in [1.165, 1.54) is 4.31 Å². The summed E-state index contributed by atoms with van der Waals surface area (Å²) in [7, 11) is -3.61. The average Bonchev–Trinajstić information content (AvgIpc) is 2.59. The van der Waals surface area contributed by atoms with Crippen LogP contribution >= 0.6 is 0 Å². The first kappa shape index (κ1) is 20.4. The van der Waals surface area contributed by atoms with Crippen molar-refractivity contribution < 1.29 is 13.2 Å². The third-order valence-corrected chi connectivity index (χ3v) is 6.57. The van der Waals surface area contributed by atoms with Gasteiger partial charge in [-0.05, 0) is 61.1 Å². The van der Waals surface area contributed by atoms with Gasteiger partial charge in [0.25, 0.3) is 10.0 Å². The van der Waals surface area contributed by atoms with Crippen LogP contribution in [0, 0.1) is 12.3 Å². The molecule has 0 aromatic heterocycles. The molecule has 0 radical (unpaired) electrons. The molecule has 0 unspecified atom stereocenters. The van der Waals surface area contributed by atoms with Gasteiger partial charge < -0.3 is 5.32 Å². The van der Waals surface area contributed by atoms with Crippen LogP contribution in [0.5, 0.6) is 0 Å². The van der Waals surface area contributed by atoms with Gasteiger partial charge in [-0.1, -0.05) is 38.5 Å². The number of carbonyl (C=O) groups is 1. The van der Waals surface area contributed by atoms with Crippen molar-refractivity contribution in [2.45, 2.75) is 51.9 Å². The Labute approximate surface area is 167 Å². The van der Waals surface area contributed by atoms with Crippen molar-refractivity contribution in [1.82, 2.24) is 0 Å². The quantitative estimate of drug-likeness (QED) is 0.821. The van der Waals surface area contributed by atoms with Crippen molar-refractivity contribution in [3.05, 3.63) is 53.6 Å². The highest BCUT2D eigenvalue weighted by Gasteiger charge is 2.29. The van der Waals surface area contributed by atoms with Crippen LogP contribution in [0.3, 0.4) is 0 Å². The van der Waals surface area contributed by atoms with Crippen molar-refractivity contribution in [3.8, 4) is 0 Å². The van der Waals surface area contributed by atoms with E-state index in [9.17, 15) is 13.2 Å². The molecule has 2 aromatic carbocycles. The molecule has 1 N–H and O–H groups in total. The number of anilines is 2. The summed E-state index contributed by atoms with van der Waals surface area (Å²) >= 11 is 0. The Bertz CT molecular complexity index is 974. The maximum Gasteiger partial charge on any atom is 0.264 e. The first-order valence-electron chi connectivity index (χ1n) is 9.58. The number of amides is 1. The van der Waals surface area contributed by atoms with E-state index >= 15 is 0 Å². The number of hydrogen-bond acceptors (Lipinski definition) is 3. The molecule has 0 saturated heterocycles. The molecule has 2 aromatic rings. The van der Waals surface area contributed by atoms with E-state index in [-0.39, 0.29) is 11.3 Å². The van der Waals surface area contributed by atoms with Crippen molar-refractivity contribution in [2.24, 2.45) is 5.41 Å². The predicted octanol–water partition coefficient (Wildman–Crippen LogP) is 4.51. The van der Waals surface area contributed by atoms with E-state index in [2.05, 4.69) is 5.32 Å². The lowest BCUT2D eigenvalue weighted by atomic mass is 9.92. The zero-order valence-corrected chi connectivity index (χ0v) is 17.8. The Kier molecular flexibility index (Phi) is 5.53. The second kappa shape index (κ2) is 7.59. The number of sulfonamides is 1. The molecule has 28 heavy (non-hydrogen) atoms. The molecule has 0 spiro atoms. The molecule has 0 atom stereocenters. The normalized spacial score (nSPS) is 14.5. The smallest absolute Gasteiger partial charge is 0.264 e. The molecule has 0 bridgehead atoms. The van der Waals surface area contributed by atoms with E-state index in [0.29, 0.717) is 29.2 Å². The largest absolute Gasteiger partial charge is 0.326 e. The monoisotopic (exact) mass is 400 g/mol. The molecule has 0 fully saturated rings. The molecule has 1 aliphatic rings. The topological polar surface area (TPSA) is 66.5 Å². The minimum absolute atomic E-state index is 0.0348. The van der Waals surface area contributed by atoms with E-state index in [1.807, 2.05) is 45.9 Å². The summed E-state index contributed by atoms with van der Waals surface area (Å²) in [5.74, 6) is -0.0348. The summed E-state index contributed by atoms with van der Waals surface area (Å²) in [6.07, 6.45) is 1.97. The van der Waals surface area contributed by atoms with Gasteiger partial charge in [0.15, 0.2) is 0 Å². The van der Waals surface area contributed by atoms with Crippen LogP contribution in [0.1, 0.15) is 44.7 Å². The van der Waals surface area contributed by atoms with Crippen molar-refractivity contribution in [1.29, 1.82) is 0 Å². The molecule has 150 valence electrons. The van der Waals surface area contributed by atoms with Crippen LogP contribution in [0.25, 0.3) is 0 Å². The Hall–Kier alpha value is -2.34. The van der Waals surface area contributed by atoms with Crippen LogP contribution < -0.4 is 9.62 Å². The third kappa shape index (κ3) is 4.55. The molecular weight excluding hydrogens is 372 g/mol. The number of aryl methyl sites for hydroxylation is 2. The van der Waals surface area contributed by atoms with Gasteiger partial charge in [0.1, 0.15) is 0 Å². The SMILES string of the molecule is Cc1ccc(S(=O)(=O)N2CCCc3cc(NC(=O)CC(C)(C)C)ccc32)cc1. The van der Waals surface area contributed by atoms with Gasteiger partial charge in [0.05, 0.1) is 10.6 Å². The predicted molar refractivity (Wildman–Crippen MR) is 113 cm³/mol. The molecule has 0 saturated carbocycles. The van der Waals surface area contributed by atoms with Gasteiger partial charge in [0, 0.05) is 18.7 Å². The molecule has 5 nitrogen and oxygen atoms in total. The van der Waals surface area contributed by atoms with Crippen LogP contribution in [-0.4, -0.2) is 20.9 Å². The van der Waals surface area contributed by atoms with E-state index in [0.717, 1.165) is 24.0 Å². The lowest BCUT2D eigenvalue weighted by Gasteiger charge is -2.31. The van der Waals surface area contributed by atoms with Crippen LogP contribution in [0.15, 0.2) is 47.4 Å². The van der Waals surface area contributed by atoms with Crippen molar-refractivity contribution in [3.63, 3.8) is 0 Å². The second-order valence-electron chi connectivity index (χ2n) is 8.62. The lowest BCUT2D eigenvalue weighted by molar-refractivity contribution is -0.117. The van der Waals surface area contributed by atoms with E-state index in [4.69, 9.17) is 0 Å². The highest BCUT2D eigenvalue weighted by Crippen LogP contribution is 2.34. The van der Waals surface area contributed by atoms with Crippen molar-refractivity contribution in [2.75, 3.05) is 16.2 Å². The Morgan fingerprint density at radius 1 is 1.11 bits per heavy atom. The minimum atomic E-state index is -3.61. The molecular formula is C22H28N2O3S. The molecule has 3 rings (SSSR count). The Morgan fingerprint density at radius 2 is 1.79 bits per heavy atom. The standard InChI is InChI=1S/C22H28N2O3S/c1-16-7-10-19(11-8-16)28(26,27)24-13-5-6-17-14-18(9-12-20(17)24)23-21(25)15-22(2,3)4/h7-12,14H,5-6,13,15H2,1-4H3,(H,23,25). The summed E-state index contributed by atoms with van der Waals surface area (Å²) < 4.78 is 27.8. The minimum Gasteiger partial charge on any atom is -0.326 e. The Morgan fingerprint density at radius 3 is 2.43 bits per heavy atom. The van der Waals surface area contributed by atoms with Crippen LogP contribution in [0.4, 0.5) is 11.4 Å². The van der Waals surface area contributed by atoms with Gasteiger partial charge in [-0.25, -0.2) is 8.42 Å². The maximum absolute atomic E-state index is 13.1. The van der Waals surface area contributed by atoms with Crippen LogP contribution in [-0.2, 0) is 21.2 Å². The molecule has 0 aliphatic carbocycles. The molecule has 6 heteroatoms. The summed E-state index contributed by atoms with van der Waals surface area (Å²) in [4.78, 5) is 12.5. The first-order chi connectivity index (χ1) is 13.1. The first-order valence-corrected chi connectivity index (χ1v) is 11.0. The zero-order valence-electron chi connectivity index (χ0n) is 17.0. The van der Waals surface area contributed by atoms with Gasteiger partial charge in [-0.3, -0.25) is 9.10 Å². The number of nitrogens with zero attached hydrogens (tertiary/aromatic N) is 1. The van der Waals surface area contributed by atoms with Gasteiger partial charge in [-0.15, -0.1) is 0 Å². The number of carbonyl (C=O) groups excluding carboxylic acids is 1. The Balaban J connectivity index is 1.87. The molecule has 1 heterocycles. The van der Waals surface area contributed by atoms with Gasteiger partial charge in [0.2, 0.25) is 5.91 Å². The van der Waals surface area contributed by atoms with E-state index < -0.39 is 10.0 Å². The summed E-state index contributed by atoms with van der Waals surface area (Å²) in [6, 6.07) is 12.4. The number of rotatable bonds is 4. The number of nitrogens with one attached hydrogen (secondary N) is 1. The van der Waals surface area contributed by atoms with Gasteiger partial charge >= 0.3 is 0 Å². The fourth-order valence-electron chi connectivity index (χ4n) is 3.41. The average molecular weight is 401 g/mol. The fourth-order valence-corrected chi connectivity index (χ4v) is 4.96. The number of fused-ring (bicyclic) bond motifs is 1. The highest BCUT2D eigenvalue weighted by molar-refractivity contribution is 7.92.